The normalized spacial score (nSPS) is 25.6. The molecule has 0 aromatic heterocycles. The number of allylic oxidation sites excluding steroid dienone is 2. The van der Waals surface area contributed by atoms with Crippen molar-refractivity contribution in [3.05, 3.63) is 244 Å². The number of ether oxygens (including phenoxy) is 2. The number of amides is 4. The molecule has 728 valence electrons. The van der Waals surface area contributed by atoms with Crippen LogP contribution in [0.4, 0.5) is 20.2 Å². The molecule has 6 aromatic rings. The summed E-state index contributed by atoms with van der Waals surface area (Å²) in [4.78, 5) is 105. The number of halogens is 6. The molecule has 4 aliphatic heterocycles. The van der Waals surface area contributed by atoms with Gasteiger partial charge < -0.3 is 39.7 Å². The number of carbonyl (C=O) groups excluding carboxylic acids is 4. The van der Waals surface area contributed by atoms with Crippen molar-refractivity contribution in [3.8, 4) is 0 Å². The molecule has 6 aromatic carbocycles. The van der Waals surface area contributed by atoms with Gasteiger partial charge in [0.1, 0.15) is 0 Å². The van der Waals surface area contributed by atoms with E-state index in [1.807, 2.05) is 68.1 Å². The molecule has 4 heterocycles. The molecular formula is C111H138Cl4F2N4O14. The highest BCUT2D eigenvalue weighted by atomic mass is 35.5. The van der Waals surface area contributed by atoms with Crippen molar-refractivity contribution in [3.63, 3.8) is 0 Å². The molecular weight excluding hydrogens is 1790 g/mol. The summed E-state index contributed by atoms with van der Waals surface area (Å²) in [5.41, 5.74) is 11.6. The molecule has 1 spiro atoms. The van der Waals surface area contributed by atoms with E-state index in [-0.39, 0.29) is 125 Å². The van der Waals surface area contributed by atoms with E-state index in [4.69, 9.17) is 61.0 Å². The summed E-state index contributed by atoms with van der Waals surface area (Å²) in [6, 6.07) is 37.4. The zero-order chi connectivity index (χ0) is 99.6. The van der Waals surface area contributed by atoms with E-state index in [0.717, 1.165) is 128 Å². The molecule has 0 saturated heterocycles. The molecule has 24 heteroatoms. The molecule has 5 saturated carbocycles. The molecule has 0 bridgehead atoms. The van der Waals surface area contributed by atoms with Gasteiger partial charge in [-0.05, 0) is 250 Å². The maximum Gasteiger partial charge on any atom is 0.335 e. The Morgan fingerprint density at radius 1 is 0.459 bits per heavy atom. The number of anilines is 2. The minimum Gasteiger partial charge on any atom is -0.481 e. The van der Waals surface area contributed by atoms with Crippen LogP contribution in [0.15, 0.2) is 168 Å². The van der Waals surface area contributed by atoms with Crippen LogP contribution < -0.4 is 9.80 Å². The Bertz CT molecular complexity index is 5510. The SMILES string of the molecule is CC(C)(C)CCc1ccc([C@]2(C)CC(=O)N(C34CC5(C(=O)O)CC53C4)C=C2C2CC(F)(F)C2)cc1Cl.CC(C)C1=CN(CCC(=O)O)C(=O)C[C@@]1(C)c1ccc(C2CC(C)(C)C2)c(Cl)c1.COC[C@@H](C)C1=CN(c2ccc(C(=O)O)cc2)C(=O)C[C@@]1(C)c1ccc(CCC(C)(C)C)c(Cl)c1.COC[C@H](C)C1=CN(c2ccc(C(=O)O)cc2)C(=O)C[C@@]1(C)c1ccc(CCC(C)(C)C)c(Cl)c1. The van der Waals surface area contributed by atoms with E-state index in [1.165, 1.54) is 29.8 Å². The van der Waals surface area contributed by atoms with Crippen molar-refractivity contribution < 1.29 is 77.0 Å². The molecule has 15 rings (SSSR count). The van der Waals surface area contributed by atoms with Gasteiger partial charge in [0, 0.05) is 154 Å². The Morgan fingerprint density at radius 2 is 0.844 bits per heavy atom. The van der Waals surface area contributed by atoms with Crippen molar-refractivity contribution in [2.75, 3.05) is 43.8 Å². The summed E-state index contributed by atoms with van der Waals surface area (Å²) in [5, 5.41) is 40.0. The highest BCUT2D eigenvalue weighted by Gasteiger charge is 3.01. The number of hydrogen-bond acceptors (Lipinski definition) is 10. The number of carbonyl (C=O) groups is 8. The number of hydrogen-bond donors (Lipinski definition) is 4. The first kappa shape index (κ1) is 105. The van der Waals surface area contributed by atoms with E-state index in [1.54, 1.807) is 58.1 Å². The van der Waals surface area contributed by atoms with Crippen LogP contribution in [0, 0.1) is 56.2 Å². The maximum atomic E-state index is 14.0. The Labute approximate surface area is 817 Å². The van der Waals surface area contributed by atoms with Crippen LogP contribution in [-0.2, 0) is 79.2 Å². The molecule has 5 fully saturated rings. The highest BCUT2D eigenvalue weighted by molar-refractivity contribution is 6.32. The van der Waals surface area contributed by atoms with E-state index >= 15 is 0 Å². The van der Waals surface area contributed by atoms with Crippen molar-refractivity contribution in [2.45, 2.75) is 286 Å². The minimum atomic E-state index is -2.68. The van der Waals surface area contributed by atoms with E-state index in [9.17, 15) is 62.5 Å². The Balaban J connectivity index is 0.000000162. The van der Waals surface area contributed by atoms with Gasteiger partial charge in [-0.15, -0.1) is 0 Å². The number of alkyl halides is 2. The summed E-state index contributed by atoms with van der Waals surface area (Å²) in [5.74, 6) is -6.02. The Hall–Kier alpha value is -9.02. The third-order valence-electron chi connectivity index (χ3n) is 30.6. The van der Waals surface area contributed by atoms with Gasteiger partial charge in [-0.25, -0.2) is 18.4 Å². The Morgan fingerprint density at radius 3 is 1.19 bits per heavy atom. The van der Waals surface area contributed by atoms with Crippen LogP contribution in [0.2, 0.25) is 20.1 Å². The van der Waals surface area contributed by atoms with Crippen LogP contribution in [0.25, 0.3) is 0 Å². The van der Waals surface area contributed by atoms with Crippen molar-refractivity contribution in [1.82, 2.24) is 9.80 Å². The molecule has 9 atom stereocenters. The lowest BCUT2D eigenvalue weighted by Crippen LogP contribution is -2.55. The molecule has 5 aliphatic carbocycles. The smallest absolute Gasteiger partial charge is 0.335 e. The predicted octanol–water partition coefficient (Wildman–Crippen LogP) is 26.2. The summed E-state index contributed by atoms with van der Waals surface area (Å²) >= 11 is 26.9. The van der Waals surface area contributed by atoms with Gasteiger partial charge in [-0.2, -0.15) is 0 Å². The molecule has 3 unspecified atom stereocenters. The minimum absolute atomic E-state index is 0.0425. The molecule has 18 nitrogen and oxygen atoms in total. The first-order valence-electron chi connectivity index (χ1n) is 47.5. The zero-order valence-electron chi connectivity index (χ0n) is 82.5. The number of benzene rings is 6. The third-order valence-corrected chi connectivity index (χ3v) is 32.0. The lowest BCUT2D eigenvalue weighted by atomic mass is 9.61. The van der Waals surface area contributed by atoms with Gasteiger partial charge >= 0.3 is 23.9 Å². The number of aliphatic carboxylic acids is 2. The predicted molar refractivity (Wildman–Crippen MR) is 531 cm³/mol. The number of carboxylic acid groups (broad SMARTS) is 4. The third kappa shape index (κ3) is 22.2. The topological polar surface area (TPSA) is 249 Å². The lowest BCUT2D eigenvalue weighted by molar-refractivity contribution is -0.152. The monoisotopic (exact) mass is 1930 g/mol. The summed E-state index contributed by atoms with van der Waals surface area (Å²) in [6.07, 6.45) is 17.9. The summed E-state index contributed by atoms with van der Waals surface area (Å²) in [7, 11) is 3.34. The number of methoxy groups -OCH3 is 2. The van der Waals surface area contributed by atoms with Gasteiger partial charge in [0.2, 0.25) is 29.6 Å². The fraction of sp³-hybridized carbons (Fsp3) is 0.532. The van der Waals surface area contributed by atoms with Gasteiger partial charge in [0.05, 0.1) is 41.7 Å². The Kier molecular flexibility index (Phi) is 30.6. The quantitative estimate of drug-likeness (QED) is 0.0357. The largest absolute Gasteiger partial charge is 0.481 e. The second-order valence-electron chi connectivity index (χ2n) is 45.6. The lowest BCUT2D eigenvalue weighted by Gasteiger charge is -2.50. The molecule has 4 amide bonds. The van der Waals surface area contributed by atoms with Crippen molar-refractivity contribution in [2.24, 2.45) is 56.2 Å². The van der Waals surface area contributed by atoms with Crippen LogP contribution in [0.1, 0.15) is 299 Å². The van der Waals surface area contributed by atoms with Gasteiger partial charge in [0.15, 0.2) is 0 Å². The average Bonchev–Trinajstić information content (AvgIpc) is 1.39. The van der Waals surface area contributed by atoms with Crippen LogP contribution in [-0.4, -0.2) is 123 Å². The number of carboxylic acids is 4. The second-order valence-corrected chi connectivity index (χ2v) is 47.2. The fourth-order valence-corrected chi connectivity index (χ4v) is 23.5. The summed E-state index contributed by atoms with van der Waals surface area (Å²) < 4.78 is 38.9. The summed E-state index contributed by atoms with van der Waals surface area (Å²) in [6.45, 7) is 42.4. The first-order chi connectivity index (χ1) is 62.7. The van der Waals surface area contributed by atoms with Crippen molar-refractivity contribution >= 4 is 105 Å². The first-order valence-corrected chi connectivity index (χ1v) is 49.0. The molecule has 4 N–H and O–H groups in total. The number of nitrogens with zero attached hydrogens (tertiary/aromatic N) is 4. The van der Waals surface area contributed by atoms with Crippen molar-refractivity contribution in [1.29, 1.82) is 0 Å². The van der Waals surface area contributed by atoms with Crippen LogP contribution >= 0.6 is 46.4 Å². The van der Waals surface area contributed by atoms with E-state index in [2.05, 4.69) is 161 Å². The average molecular weight is 1930 g/mol. The molecule has 135 heavy (non-hydrogen) atoms. The van der Waals surface area contributed by atoms with Gasteiger partial charge in [0.25, 0.3) is 0 Å². The zero-order valence-corrected chi connectivity index (χ0v) is 85.5. The van der Waals surface area contributed by atoms with E-state index in [0.29, 0.717) is 66.6 Å². The van der Waals surface area contributed by atoms with Gasteiger partial charge in [-0.1, -0.05) is 226 Å². The number of aromatic carboxylic acids is 2. The van der Waals surface area contributed by atoms with Crippen LogP contribution in [0.3, 0.4) is 0 Å². The molecule has 9 aliphatic rings. The fourth-order valence-electron chi connectivity index (χ4n) is 22.4. The van der Waals surface area contributed by atoms with E-state index < -0.39 is 62.4 Å². The standard InChI is InChI=1S/C29H34ClF2NO3.2C29H36ClNO4.C24H32ClNO3/c1-24(2,3)8-7-17-5-6-19(9-21(17)30)25(4)12-22(34)33(13-20(25)18-10-29(31,32)11-18)28-15-26(23(35)36)14-27(26,28)16-28;2*1-19(18-35-6)24-17-31(23-11-8-21(9-12-23)27(33)34)26(32)16-29(24,5)22-10-7-20(25(30)15-22)13-14-28(2,3)4;1-15(2)19-14-26(9-8-22(28)29)21(27)13-24(19,5)17-6-7-18(20(25)10-17)16-11-23(3,4)12-16/h5-6,9,13,18H,7-8,10-12,14-16H2,1-4H3,(H,35,36);2*7-12,15,17,19H,13-14,16,18H2,1-6H3,(H,33,34);6-7,10,14-16H,8-9,11-13H2,1-5H3,(H,28,29)/t25-,26?,27?,28?;19-,29+;19-,29-;24-/m0100/s1. The number of rotatable bonds is 28. The van der Waals surface area contributed by atoms with Crippen LogP contribution in [0.5, 0.6) is 0 Å². The number of aryl methyl sites for hydroxylation is 3. The van der Waals surface area contributed by atoms with Gasteiger partial charge in [-0.3, -0.25) is 38.6 Å². The second kappa shape index (κ2) is 39.3. The molecule has 0 radical (unpaired) electrons. The maximum absolute atomic E-state index is 14.0. The highest BCUT2D eigenvalue weighted by Crippen LogP contribution is 2.97.